The van der Waals surface area contributed by atoms with Crippen molar-refractivity contribution in [2.75, 3.05) is 25.5 Å². The number of alkyl carbamates (subject to hydrolysis) is 1. The molecule has 0 aromatic heterocycles. The van der Waals surface area contributed by atoms with Crippen molar-refractivity contribution in [1.82, 2.24) is 10.6 Å². The number of hydrogen-bond acceptors (Lipinski definition) is 6. The maximum Gasteiger partial charge on any atom is 0.407 e. The van der Waals surface area contributed by atoms with Crippen molar-refractivity contribution < 1.29 is 19.1 Å². The van der Waals surface area contributed by atoms with Gasteiger partial charge in [0.15, 0.2) is 0 Å². The van der Waals surface area contributed by atoms with E-state index in [1.807, 2.05) is 13.8 Å². The van der Waals surface area contributed by atoms with Crippen LogP contribution in [0.5, 0.6) is 0 Å². The van der Waals surface area contributed by atoms with Crippen LogP contribution in [0, 0.1) is 0 Å². The lowest BCUT2D eigenvalue weighted by Crippen LogP contribution is -2.46. The molecule has 0 saturated heterocycles. The maximum atomic E-state index is 12.3. The van der Waals surface area contributed by atoms with Crippen LogP contribution in [-0.4, -0.2) is 44.1 Å². The summed E-state index contributed by atoms with van der Waals surface area (Å²) in [5, 5.41) is 7.66. The molecule has 172 valence electrons. The van der Waals surface area contributed by atoms with Gasteiger partial charge in [0.25, 0.3) is 0 Å². The summed E-state index contributed by atoms with van der Waals surface area (Å²) in [6.45, 7) is 8.61. The molecule has 0 heterocycles. The van der Waals surface area contributed by atoms with Gasteiger partial charge in [0.1, 0.15) is 12.6 Å². The smallest absolute Gasteiger partial charge is 0.407 e. The topological polar surface area (TPSA) is 149 Å². The Morgan fingerprint density at radius 2 is 1.63 bits per heavy atom. The molecule has 0 aliphatic heterocycles. The molecule has 0 aliphatic carbocycles. The van der Waals surface area contributed by atoms with Crippen LogP contribution in [0.3, 0.4) is 0 Å². The molecule has 1 rings (SSSR count). The zero-order valence-corrected chi connectivity index (χ0v) is 18.9. The van der Waals surface area contributed by atoms with E-state index in [9.17, 15) is 14.4 Å². The molecule has 30 heavy (non-hydrogen) atoms. The van der Waals surface area contributed by atoms with Gasteiger partial charge in [-0.3, -0.25) is 9.59 Å². The fourth-order valence-corrected chi connectivity index (χ4v) is 1.98. The summed E-state index contributed by atoms with van der Waals surface area (Å²) in [6.07, 6.45) is 1.75. The molecule has 9 nitrogen and oxygen atoms in total. The average molecular weight is 426 g/mol. The van der Waals surface area contributed by atoms with Crippen LogP contribution < -0.4 is 27.4 Å². The molecule has 0 aliphatic rings. The van der Waals surface area contributed by atoms with Gasteiger partial charge >= 0.3 is 6.09 Å². The van der Waals surface area contributed by atoms with Gasteiger partial charge < -0.3 is 32.2 Å². The normalized spacial score (nSPS) is 10.2. The Kier molecular flexibility index (Phi) is 19.4. The van der Waals surface area contributed by atoms with Crippen molar-refractivity contribution in [2.24, 2.45) is 11.5 Å². The van der Waals surface area contributed by atoms with E-state index in [1.165, 1.54) is 13.5 Å². The summed E-state index contributed by atoms with van der Waals surface area (Å²) in [4.78, 5) is 34.8. The van der Waals surface area contributed by atoms with Gasteiger partial charge in [0, 0.05) is 12.7 Å². The molecular formula is C21H39N5O4. The molecule has 1 aromatic carbocycles. The monoisotopic (exact) mass is 425 g/mol. The van der Waals surface area contributed by atoms with Gasteiger partial charge in [-0.1, -0.05) is 46.2 Å². The Balaban J connectivity index is 0. The third-order valence-electron chi connectivity index (χ3n) is 3.33. The Morgan fingerprint density at radius 3 is 2.10 bits per heavy atom. The number of nitrogens with two attached hydrogens (primary N) is 2. The lowest BCUT2D eigenvalue weighted by molar-refractivity contribution is -0.125. The standard InChI is InChI=1S/C16H25N5O4.C3H8.C2H6/c1-19-16(24)25-10-11-4-6-12(7-5-11)20-15(23)13(3-2-8-17)21-14(22)9-18;1-3-2;1-2/h4-7,13H,2-3,8-10,17-18H2,1H3,(H,19,24)(H,20,23)(H,21,22);3H2,1-2H3;1-2H3/t13-;;/m0../s1. The average Bonchev–Trinajstić information content (AvgIpc) is 2.77. The molecule has 0 fully saturated rings. The van der Waals surface area contributed by atoms with Crippen molar-refractivity contribution in [3.05, 3.63) is 29.8 Å². The number of anilines is 1. The van der Waals surface area contributed by atoms with Crippen molar-refractivity contribution in [3.8, 4) is 0 Å². The number of nitrogens with one attached hydrogen (secondary N) is 3. The summed E-state index contributed by atoms with van der Waals surface area (Å²) in [7, 11) is 1.48. The highest BCUT2D eigenvalue weighted by Gasteiger charge is 2.19. The summed E-state index contributed by atoms with van der Waals surface area (Å²) in [5.74, 6) is -0.747. The lowest BCUT2D eigenvalue weighted by atomic mass is 10.1. The van der Waals surface area contributed by atoms with Crippen molar-refractivity contribution in [3.63, 3.8) is 0 Å². The quantitative estimate of drug-likeness (QED) is 0.409. The molecule has 1 atom stereocenters. The van der Waals surface area contributed by atoms with Gasteiger partial charge in [-0.05, 0) is 37.1 Å². The van der Waals surface area contributed by atoms with Crippen LogP contribution in [0.25, 0.3) is 0 Å². The number of carbonyl (C=O) groups is 3. The molecule has 1 aromatic rings. The van der Waals surface area contributed by atoms with Crippen LogP contribution >= 0.6 is 0 Å². The van der Waals surface area contributed by atoms with E-state index < -0.39 is 18.0 Å². The number of hydrogen-bond donors (Lipinski definition) is 5. The second kappa shape index (κ2) is 19.7. The predicted octanol–water partition coefficient (Wildman–Crippen LogP) is 2.11. The van der Waals surface area contributed by atoms with E-state index in [-0.39, 0.29) is 19.1 Å². The first-order valence-corrected chi connectivity index (χ1v) is 10.3. The number of amides is 3. The first-order chi connectivity index (χ1) is 14.4. The number of ether oxygens (including phenoxy) is 1. The van der Waals surface area contributed by atoms with Crippen molar-refractivity contribution in [2.45, 2.75) is 59.6 Å². The second-order valence-electron chi connectivity index (χ2n) is 5.97. The van der Waals surface area contributed by atoms with E-state index in [4.69, 9.17) is 16.2 Å². The Hall–Kier alpha value is -2.65. The summed E-state index contributed by atoms with van der Waals surface area (Å²) >= 11 is 0. The van der Waals surface area contributed by atoms with Crippen molar-refractivity contribution in [1.29, 1.82) is 0 Å². The SMILES string of the molecule is CC.CCC.CNC(=O)OCc1ccc(NC(=O)[C@H](CCCN)NC(=O)CN)cc1. The Morgan fingerprint density at radius 1 is 1.07 bits per heavy atom. The Bertz CT molecular complexity index is 594. The minimum atomic E-state index is -0.698. The van der Waals surface area contributed by atoms with E-state index >= 15 is 0 Å². The summed E-state index contributed by atoms with van der Waals surface area (Å²) in [6, 6.07) is 6.13. The highest BCUT2D eigenvalue weighted by atomic mass is 16.5. The zero-order valence-electron chi connectivity index (χ0n) is 18.9. The van der Waals surface area contributed by atoms with Gasteiger partial charge in [-0.2, -0.15) is 0 Å². The zero-order chi connectivity index (χ0) is 23.4. The van der Waals surface area contributed by atoms with E-state index in [2.05, 4.69) is 29.8 Å². The fraction of sp³-hybridized carbons (Fsp3) is 0.571. The molecule has 0 spiro atoms. The maximum absolute atomic E-state index is 12.3. The first kappa shape index (κ1) is 29.6. The molecule has 0 saturated carbocycles. The molecule has 3 amide bonds. The lowest BCUT2D eigenvalue weighted by Gasteiger charge is -2.18. The van der Waals surface area contributed by atoms with Crippen LogP contribution in [0.15, 0.2) is 24.3 Å². The van der Waals surface area contributed by atoms with Crippen LogP contribution in [0.4, 0.5) is 10.5 Å². The number of carbonyl (C=O) groups excluding carboxylic acids is 3. The summed E-state index contributed by atoms with van der Waals surface area (Å²) in [5.41, 5.74) is 12.1. The van der Waals surface area contributed by atoms with Gasteiger partial charge in [0.05, 0.1) is 6.54 Å². The molecular weight excluding hydrogens is 386 g/mol. The first-order valence-electron chi connectivity index (χ1n) is 10.3. The summed E-state index contributed by atoms with van der Waals surface area (Å²) < 4.78 is 4.93. The number of benzene rings is 1. The molecule has 9 heteroatoms. The number of rotatable bonds is 9. The highest BCUT2D eigenvalue weighted by molar-refractivity contribution is 5.97. The highest BCUT2D eigenvalue weighted by Crippen LogP contribution is 2.12. The van der Waals surface area contributed by atoms with Crippen LogP contribution in [0.1, 0.15) is 52.5 Å². The van der Waals surface area contributed by atoms with E-state index in [1.54, 1.807) is 24.3 Å². The second-order valence-corrected chi connectivity index (χ2v) is 5.97. The minimum absolute atomic E-state index is 0.125. The third kappa shape index (κ3) is 14.4. The van der Waals surface area contributed by atoms with Crippen LogP contribution in [-0.2, 0) is 20.9 Å². The van der Waals surface area contributed by atoms with Gasteiger partial charge in [-0.25, -0.2) is 4.79 Å². The Labute approximate surface area is 180 Å². The largest absolute Gasteiger partial charge is 0.445 e. The molecule has 0 bridgehead atoms. The van der Waals surface area contributed by atoms with Crippen molar-refractivity contribution >= 4 is 23.6 Å². The van der Waals surface area contributed by atoms with Gasteiger partial charge in [0.2, 0.25) is 11.8 Å². The molecule has 0 unspecified atom stereocenters. The predicted molar refractivity (Wildman–Crippen MR) is 121 cm³/mol. The third-order valence-corrected chi connectivity index (χ3v) is 3.33. The molecule has 7 N–H and O–H groups in total. The minimum Gasteiger partial charge on any atom is -0.445 e. The van der Waals surface area contributed by atoms with Crippen LogP contribution in [0.2, 0.25) is 0 Å². The fourth-order valence-electron chi connectivity index (χ4n) is 1.98. The van der Waals surface area contributed by atoms with E-state index in [0.29, 0.717) is 25.1 Å². The van der Waals surface area contributed by atoms with Gasteiger partial charge in [-0.15, -0.1) is 0 Å². The van der Waals surface area contributed by atoms with E-state index in [0.717, 1.165) is 5.56 Å². The molecule has 0 radical (unpaired) electrons.